The van der Waals surface area contributed by atoms with Crippen molar-refractivity contribution in [1.82, 2.24) is 4.98 Å². The molecule has 0 aliphatic rings. The topological polar surface area (TPSA) is 31.4 Å². The molecule has 2 aromatic rings. The molecule has 0 atom stereocenters. The van der Waals surface area contributed by atoms with E-state index in [4.69, 9.17) is 4.74 Å². The summed E-state index contributed by atoms with van der Waals surface area (Å²) in [4.78, 5) is 4.04. The number of para-hydroxylation sites is 1. The fourth-order valence-electron chi connectivity index (χ4n) is 1.63. The molecule has 2 rings (SSSR count). The summed E-state index contributed by atoms with van der Waals surface area (Å²) in [5.74, 6) is 0.0627. The minimum Gasteiger partial charge on any atom is -0.494 e. The van der Waals surface area contributed by atoms with Gasteiger partial charge in [0, 0.05) is 11.8 Å². The van der Waals surface area contributed by atoms with Crippen LogP contribution in [0.15, 0.2) is 42.6 Å². The molecule has 0 spiro atoms. The number of methoxy groups -OCH3 is 1. The normalized spacial score (nSPS) is 11.2. The number of nitrogens with zero attached hydrogens (tertiary/aromatic N) is 1. The third kappa shape index (κ3) is 3.15. The summed E-state index contributed by atoms with van der Waals surface area (Å²) in [5.41, 5.74) is 0.516. The third-order valence-electron chi connectivity index (χ3n) is 2.36. The van der Waals surface area contributed by atoms with Gasteiger partial charge in [-0.2, -0.15) is 0 Å². The highest BCUT2D eigenvalue weighted by molar-refractivity contribution is 5.72. The van der Waals surface area contributed by atoms with Crippen LogP contribution in [0.5, 0.6) is 11.5 Å². The number of pyridine rings is 1. The van der Waals surface area contributed by atoms with Gasteiger partial charge in [0.2, 0.25) is 0 Å². The van der Waals surface area contributed by atoms with Crippen LogP contribution in [0.1, 0.15) is 0 Å². The summed E-state index contributed by atoms with van der Waals surface area (Å²) in [6, 6.07) is 9.04. The lowest BCUT2D eigenvalue weighted by Gasteiger charge is -2.14. The molecule has 0 amide bonds. The second-order valence-electron chi connectivity index (χ2n) is 3.60. The molecular weight excluding hydrogens is 259 g/mol. The van der Waals surface area contributed by atoms with Gasteiger partial charge in [0.1, 0.15) is 17.2 Å². The molecule has 0 aliphatic heterocycles. The quantitative estimate of drug-likeness (QED) is 0.852. The average molecular weight is 269 g/mol. The Kier molecular flexibility index (Phi) is 3.59. The number of rotatable bonds is 3. The second kappa shape index (κ2) is 5.17. The molecule has 0 radical (unpaired) electrons. The van der Waals surface area contributed by atoms with E-state index in [1.807, 2.05) is 0 Å². The predicted molar refractivity (Wildman–Crippen MR) is 62.9 cm³/mol. The molecule has 19 heavy (non-hydrogen) atoms. The van der Waals surface area contributed by atoms with Crippen LogP contribution in [0.3, 0.4) is 0 Å². The SMILES string of the molecule is COc1cccnc1-c1ccccc1OC(F)(F)F. The number of benzene rings is 1. The Morgan fingerprint density at radius 3 is 2.37 bits per heavy atom. The summed E-state index contributed by atoms with van der Waals surface area (Å²) >= 11 is 0. The molecule has 1 aromatic heterocycles. The Balaban J connectivity index is 2.50. The van der Waals surface area contributed by atoms with E-state index in [0.717, 1.165) is 0 Å². The number of ether oxygens (including phenoxy) is 2. The van der Waals surface area contributed by atoms with Gasteiger partial charge in [0.15, 0.2) is 0 Å². The molecule has 0 unspecified atom stereocenters. The molecule has 6 heteroatoms. The maximum Gasteiger partial charge on any atom is 0.573 e. The van der Waals surface area contributed by atoms with Crippen molar-refractivity contribution >= 4 is 0 Å². The Labute approximate surface area is 107 Å². The maximum atomic E-state index is 12.3. The highest BCUT2D eigenvalue weighted by atomic mass is 19.4. The van der Waals surface area contributed by atoms with Crippen LogP contribution in [0.25, 0.3) is 11.3 Å². The van der Waals surface area contributed by atoms with Crippen molar-refractivity contribution in [3.63, 3.8) is 0 Å². The summed E-state index contributed by atoms with van der Waals surface area (Å²) in [7, 11) is 1.42. The van der Waals surface area contributed by atoms with Gasteiger partial charge < -0.3 is 9.47 Å². The number of alkyl halides is 3. The number of aromatic nitrogens is 1. The van der Waals surface area contributed by atoms with Crippen molar-refractivity contribution in [2.45, 2.75) is 6.36 Å². The first-order valence-electron chi connectivity index (χ1n) is 5.35. The minimum atomic E-state index is -4.75. The molecule has 0 fully saturated rings. The first-order chi connectivity index (χ1) is 9.01. The van der Waals surface area contributed by atoms with E-state index in [9.17, 15) is 13.2 Å². The van der Waals surface area contributed by atoms with E-state index >= 15 is 0 Å². The molecule has 1 heterocycles. The zero-order valence-corrected chi connectivity index (χ0v) is 9.94. The van der Waals surface area contributed by atoms with Crippen molar-refractivity contribution in [1.29, 1.82) is 0 Å². The van der Waals surface area contributed by atoms with E-state index in [0.29, 0.717) is 11.4 Å². The third-order valence-corrected chi connectivity index (χ3v) is 2.36. The van der Waals surface area contributed by atoms with Crippen LogP contribution in [0.2, 0.25) is 0 Å². The summed E-state index contributed by atoms with van der Waals surface area (Å²) in [5, 5.41) is 0. The zero-order chi connectivity index (χ0) is 13.9. The standard InChI is InChI=1S/C13H10F3NO2/c1-18-11-7-4-8-17-12(11)9-5-2-3-6-10(9)19-13(14,15)16/h2-8H,1H3. The van der Waals surface area contributed by atoms with Crippen LogP contribution in [-0.4, -0.2) is 18.5 Å². The highest BCUT2D eigenvalue weighted by Crippen LogP contribution is 2.36. The average Bonchev–Trinajstić information content (AvgIpc) is 2.37. The molecular formula is C13H10F3NO2. The van der Waals surface area contributed by atoms with Gasteiger partial charge in [-0.3, -0.25) is 4.98 Å². The molecule has 0 bridgehead atoms. The van der Waals surface area contributed by atoms with Crippen molar-refractivity contribution in [2.24, 2.45) is 0 Å². The molecule has 0 saturated carbocycles. The van der Waals surface area contributed by atoms with Gasteiger partial charge in [0.25, 0.3) is 0 Å². The molecule has 100 valence electrons. The van der Waals surface area contributed by atoms with Gasteiger partial charge in [-0.05, 0) is 24.3 Å². The summed E-state index contributed by atoms with van der Waals surface area (Å²) < 4.78 is 46.1. The largest absolute Gasteiger partial charge is 0.573 e. The van der Waals surface area contributed by atoms with Crippen molar-refractivity contribution in [2.75, 3.05) is 7.11 Å². The smallest absolute Gasteiger partial charge is 0.494 e. The van der Waals surface area contributed by atoms with Crippen LogP contribution in [0.4, 0.5) is 13.2 Å². The fourth-order valence-corrected chi connectivity index (χ4v) is 1.63. The Hall–Kier alpha value is -2.24. The summed E-state index contributed by atoms with van der Waals surface area (Å²) in [6.07, 6.45) is -3.28. The van der Waals surface area contributed by atoms with Gasteiger partial charge >= 0.3 is 6.36 Å². The van der Waals surface area contributed by atoms with Crippen molar-refractivity contribution in [3.05, 3.63) is 42.6 Å². The lowest BCUT2D eigenvalue weighted by Crippen LogP contribution is -2.17. The van der Waals surface area contributed by atoms with Crippen molar-refractivity contribution in [3.8, 4) is 22.8 Å². The predicted octanol–water partition coefficient (Wildman–Crippen LogP) is 3.66. The van der Waals surface area contributed by atoms with Crippen LogP contribution < -0.4 is 9.47 Å². The van der Waals surface area contributed by atoms with E-state index in [-0.39, 0.29) is 11.3 Å². The van der Waals surface area contributed by atoms with Gasteiger partial charge in [-0.25, -0.2) is 0 Å². The van der Waals surface area contributed by atoms with Crippen molar-refractivity contribution < 1.29 is 22.6 Å². The van der Waals surface area contributed by atoms with Gasteiger partial charge in [-0.15, -0.1) is 13.2 Å². The number of halogens is 3. The summed E-state index contributed by atoms with van der Waals surface area (Å²) in [6.45, 7) is 0. The Bertz CT molecular complexity index is 570. The second-order valence-corrected chi connectivity index (χ2v) is 3.60. The fraction of sp³-hybridized carbons (Fsp3) is 0.154. The highest BCUT2D eigenvalue weighted by Gasteiger charge is 2.32. The minimum absolute atomic E-state index is 0.220. The first-order valence-corrected chi connectivity index (χ1v) is 5.35. The molecule has 1 aromatic carbocycles. The van der Waals surface area contributed by atoms with E-state index < -0.39 is 6.36 Å². The van der Waals surface area contributed by atoms with Gasteiger partial charge in [-0.1, -0.05) is 12.1 Å². The van der Waals surface area contributed by atoms with Crippen LogP contribution >= 0.6 is 0 Å². The number of hydrogen-bond acceptors (Lipinski definition) is 3. The number of hydrogen-bond donors (Lipinski definition) is 0. The van der Waals surface area contributed by atoms with E-state index in [2.05, 4.69) is 9.72 Å². The monoisotopic (exact) mass is 269 g/mol. The van der Waals surface area contributed by atoms with Gasteiger partial charge in [0.05, 0.1) is 7.11 Å². The lowest BCUT2D eigenvalue weighted by molar-refractivity contribution is -0.274. The zero-order valence-electron chi connectivity index (χ0n) is 9.94. The van der Waals surface area contributed by atoms with E-state index in [1.165, 1.54) is 31.5 Å². The molecule has 0 saturated heterocycles. The Morgan fingerprint density at radius 2 is 1.68 bits per heavy atom. The first kappa shape index (κ1) is 13.2. The molecule has 0 N–H and O–H groups in total. The maximum absolute atomic E-state index is 12.3. The molecule has 0 aliphatic carbocycles. The van der Waals surface area contributed by atoms with Crippen LogP contribution in [0, 0.1) is 0 Å². The van der Waals surface area contributed by atoms with E-state index in [1.54, 1.807) is 18.2 Å². The molecule has 3 nitrogen and oxygen atoms in total. The Morgan fingerprint density at radius 1 is 1.00 bits per heavy atom. The lowest BCUT2D eigenvalue weighted by atomic mass is 10.1. The van der Waals surface area contributed by atoms with Crippen LogP contribution in [-0.2, 0) is 0 Å².